The van der Waals surface area contributed by atoms with E-state index in [-0.39, 0.29) is 10.8 Å². The zero-order valence-electron chi connectivity index (χ0n) is 9.19. The summed E-state index contributed by atoms with van der Waals surface area (Å²) >= 11 is 5.04. The molecule has 1 heterocycles. The predicted molar refractivity (Wildman–Crippen MR) is 74.0 cm³/mol. The van der Waals surface area contributed by atoms with Crippen molar-refractivity contribution >= 4 is 28.7 Å². The molecule has 2 rings (SSSR count). The van der Waals surface area contributed by atoms with Gasteiger partial charge in [-0.15, -0.1) is 0 Å². The van der Waals surface area contributed by atoms with E-state index in [1.807, 2.05) is 30.3 Å². The van der Waals surface area contributed by atoms with Crippen LogP contribution in [0.5, 0.6) is 0 Å². The van der Waals surface area contributed by atoms with E-state index >= 15 is 0 Å². The van der Waals surface area contributed by atoms with Gasteiger partial charge in [0.25, 0.3) is 5.56 Å². The quantitative estimate of drug-likeness (QED) is 0.603. The molecule has 1 aromatic carbocycles. The number of hydrogen-bond acceptors (Lipinski definition) is 3. The van der Waals surface area contributed by atoms with Crippen LogP contribution in [0.1, 0.15) is 0 Å². The number of H-pyrrole nitrogens is 2. The standard InChI is InChI=1S/C11H10N4O2S/c16-9-8(6-12-10(17)15-9)14-11(18)13-7-4-2-1-3-5-7/h1-6H,(H2,13,14,18)(H2,12,15,16,17). The fourth-order valence-electron chi connectivity index (χ4n) is 1.31. The number of anilines is 2. The number of aromatic amines is 2. The van der Waals surface area contributed by atoms with Crippen molar-refractivity contribution in [3.05, 3.63) is 57.4 Å². The summed E-state index contributed by atoms with van der Waals surface area (Å²) in [5.74, 6) is 0. The summed E-state index contributed by atoms with van der Waals surface area (Å²) in [5.41, 5.74) is -0.123. The van der Waals surface area contributed by atoms with Crippen LogP contribution in [-0.4, -0.2) is 15.1 Å². The molecule has 18 heavy (non-hydrogen) atoms. The molecule has 4 N–H and O–H groups in total. The average molecular weight is 262 g/mol. The smallest absolute Gasteiger partial charge is 0.325 e. The van der Waals surface area contributed by atoms with E-state index in [2.05, 4.69) is 20.6 Å². The monoisotopic (exact) mass is 262 g/mol. The number of benzene rings is 1. The van der Waals surface area contributed by atoms with Crippen LogP contribution >= 0.6 is 12.2 Å². The molecule has 0 atom stereocenters. The first kappa shape index (κ1) is 12.1. The van der Waals surface area contributed by atoms with Crippen molar-refractivity contribution in [3.63, 3.8) is 0 Å². The second-order valence-electron chi connectivity index (χ2n) is 3.43. The summed E-state index contributed by atoms with van der Waals surface area (Å²) in [4.78, 5) is 26.7. The van der Waals surface area contributed by atoms with Crippen molar-refractivity contribution in [2.45, 2.75) is 0 Å². The summed E-state index contributed by atoms with van der Waals surface area (Å²) in [6, 6.07) is 9.28. The average Bonchev–Trinajstić information content (AvgIpc) is 2.34. The maximum atomic E-state index is 11.4. The normalized spacial score (nSPS) is 9.78. The Morgan fingerprint density at radius 3 is 2.50 bits per heavy atom. The van der Waals surface area contributed by atoms with Crippen LogP contribution in [-0.2, 0) is 0 Å². The first-order chi connectivity index (χ1) is 8.65. The molecule has 0 unspecified atom stereocenters. The molecule has 0 aliphatic heterocycles. The Morgan fingerprint density at radius 2 is 1.83 bits per heavy atom. The Kier molecular flexibility index (Phi) is 3.54. The first-order valence-corrected chi connectivity index (χ1v) is 5.51. The zero-order chi connectivity index (χ0) is 13.0. The maximum Gasteiger partial charge on any atom is 0.325 e. The predicted octanol–water partition coefficient (Wildman–Crippen LogP) is 0.872. The lowest BCUT2D eigenvalue weighted by Gasteiger charge is -2.09. The first-order valence-electron chi connectivity index (χ1n) is 5.10. The molecule has 0 saturated carbocycles. The number of thiocarbonyl (C=S) groups is 1. The molecule has 0 bridgehead atoms. The molecular weight excluding hydrogens is 252 g/mol. The summed E-state index contributed by atoms with van der Waals surface area (Å²) in [7, 11) is 0. The van der Waals surface area contributed by atoms with E-state index in [1.54, 1.807) is 0 Å². The second kappa shape index (κ2) is 5.28. The van der Waals surface area contributed by atoms with Crippen LogP contribution in [0.4, 0.5) is 11.4 Å². The van der Waals surface area contributed by atoms with Crippen LogP contribution in [0, 0.1) is 0 Å². The molecule has 0 amide bonds. The van der Waals surface area contributed by atoms with Gasteiger partial charge in [0.2, 0.25) is 0 Å². The van der Waals surface area contributed by atoms with Crippen LogP contribution < -0.4 is 21.9 Å². The zero-order valence-corrected chi connectivity index (χ0v) is 10.0. The van der Waals surface area contributed by atoms with E-state index < -0.39 is 11.2 Å². The molecule has 0 aliphatic rings. The van der Waals surface area contributed by atoms with Gasteiger partial charge in [-0.05, 0) is 24.4 Å². The van der Waals surface area contributed by atoms with E-state index in [4.69, 9.17) is 12.2 Å². The molecule has 6 nitrogen and oxygen atoms in total. The van der Waals surface area contributed by atoms with Gasteiger partial charge in [0.05, 0.1) is 0 Å². The Bertz CT molecular complexity index is 662. The van der Waals surface area contributed by atoms with Crippen molar-refractivity contribution in [1.29, 1.82) is 0 Å². The molecule has 0 radical (unpaired) electrons. The van der Waals surface area contributed by atoms with E-state index in [0.29, 0.717) is 0 Å². The van der Waals surface area contributed by atoms with Crippen LogP contribution in [0.3, 0.4) is 0 Å². The Balaban J connectivity index is 2.08. The fourth-order valence-corrected chi connectivity index (χ4v) is 1.54. The van der Waals surface area contributed by atoms with Crippen LogP contribution in [0.2, 0.25) is 0 Å². The third-order valence-corrected chi connectivity index (χ3v) is 2.30. The Morgan fingerprint density at radius 1 is 1.11 bits per heavy atom. The lowest BCUT2D eigenvalue weighted by molar-refractivity contribution is 1.04. The fraction of sp³-hybridized carbons (Fsp3) is 0. The molecule has 1 aromatic heterocycles. The highest BCUT2D eigenvalue weighted by atomic mass is 32.1. The SMILES string of the molecule is O=c1[nH]cc(NC(=S)Nc2ccccc2)c(=O)[nH]1. The molecule has 92 valence electrons. The minimum absolute atomic E-state index is 0.169. The minimum Gasteiger partial charge on any atom is -0.332 e. The molecule has 0 aliphatic carbocycles. The van der Waals surface area contributed by atoms with Crippen molar-refractivity contribution in [3.8, 4) is 0 Å². The number of rotatable bonds is 2. The molecule has 7 heteroatoms. The highest BCUT2D eigenvalue weighted by molar-refractivity contribution is 7.80. The third kappa shape index (κ3) is 3.05. The molecular formula is C11H10N4O2S. The van der Waals surface area contributed by atoms with Gasteiger partial charge in [0.1, 0.15) is 5.69 Å². The highest BCUT2D eigenvalue weighted by Gasteiger charge is 2.02. The maximum absolute atomic E-state index is 11.4. The van der Waals surface area contributed by atoms with Gasteiger partial charge in [0.15, 0.2) is 5.11 Å². The van der Waals surface area contributed by atoms with Gasteiger partial charge in [-0.25, -0.2) is 4.79 Å². The van der Waals surface area contributed by atoms with E-state index in [0.717, 1.165) is 5.69 Å². The second-order valence-corrected chi connectivity index (χ2v) is 3.84. The Hall–Kier alpha value is -2.41. The number of nitrogens with one attached hydrogen (secondary N) is 4. The van der Waals surface area contributed by atoms with Crippen molar-refractivity contribution in [1.82, 2.24) is 9.97 Å². The molecule has 0 fully saturated rings. The van der Waals surface area contributed by atoms with Gasteiger partial charge in [0, 0.05) is 11.9 Å². The van der Waals surface area contributed by atoms with Crippen LogP contribution in [0.15, 0.2) is 46.1 Å². The van der Waals surface area contributed by atoms with E-state index in [1.165, 1.54) is 6.20 Å². The molecule has 0 saturated heterocycles. The van der Waals surface area contributed by atoms with Gasteiger partial charge < -0.3 is 15.6 Å². The number of aromatic nitrogens is 2. The van der Waals surface area contributed by atoms with Crippen LogP contribution in [0.25, 0.3) is 0 Å². The molecule has 2 aromatic rings. The van der Waals surface area contributed by atoms with Gasteiger partial charge in [-0.1, -0.05) is 18.2 Å². The summed E-state index contributed by atoms with van der Waals surface area (Å²) in [5, 5.41) is 5.86. The summed E-state index contributed by atoms with van der Waals surface area (Å²) in [6.45, 7) is 0. The van der Waals surface area contributed by atoms with Crippen molar-refractivity contribution in [2.24, 2.45) is 0 Å². The summed E-state index contributed by atoms with van der Waals surface area (Å²) in [6.07, 6.45) is 1.26. The summed E-state index contributed by atoms with van der Waals surface area (Å²) < 4.78 is 0. The molecule has 0 spiro atoms. The van der Waals surface area contributed by atoms with Gasteiger partial charge in [-0.2, -0.15) is 0 Å². The highest BCUT2D eigenvalue weighted by Crippen LogP contribution is 2.05. The lowest BCUT2D eigenvalue weighted by Crippen LogP contribution is -2.28. The number of para-hydroxylation sites is 1. The van der Waals surface area contributed by atoms with E-state index in [9.17, 15) is 9.59 Å². The topological polar surface area (TPSA) is 89.8 Å². The lowest BCUT2D eigenvalue weighted by atomic mass is 10.3. The van der Waals surface area contributed by atoms with Gasteiger partial charge >= 0.3 is 5.69 Å². The number of hydrogen-bond donors (Lipinski definition) is 4. The minimum atomic E-state index is -0.563. The third-order valence-electron chi connectivity index (χ3n) is 2.10. The van der Waals surface area contributed by atoms with Crippen molar-refractivity contribution in [2.75, 3.05) is 10.6 Å². The largest absolute Gasteiger partial charge is 0.332 e. The van der Waals surface area contributed by atoms with Crippen molar-refractivity contribution < 1.29 is 0 Å². The Labute approximate surface area is 107 Å². The van der Waals surface area contributed by atoms with Gasteiger partial charge in [-0.3, -0.25) is 9.78 Å².